The van der Waals surface area contributed by atoms with Gasteiger partial charge in [-0.3, -0.25) is 0 Å². The highest BCUT2D eigenvalue weighted by atomic mass is 16.5. The van der Waals surface area contributed by atoms with Gasteiger partial charge in [0.05, 0.1) is 14.2 Å². The third-order valence-corrected chi connectivity index (χ3v) is 3.67. The Labute approximate surface area is 123 Å². The van der Waals surface area contributed by atoms with Crippen LogP contribution in [-0.4, -0.2) is 52.3 Å². The van der Waals surface area contributed by atoms with Crippen molar-refractivity contribution in [3.8, 4) is 11.5 Å². The summed E-state index contributed by atoms with van der Waals surface area (Å²) < 4.78 is 10.6. The Morgan fingerprint density at radius 2 is 1.90 bits per heavy atom. The summed E-state index contributed by atoms with van der Waals surface area (Å²) in [6.07, 6.45) is 2.18. The van der Waals surface area contributed by atoms with Crippen LogP contribution in [0.5, 0.6) is 11.5 Å². The van der Waals surface area contributed by atoms with E-state index in [0.717, 1.165) is 31.0 Å². The number of methoxy groups -OCH3 is 2. The predicted octanol–water partition coefficient (Wildman–Crippen LogP) is 2.18. The molecule has 0 spiro atoms. The molecule has 1 atom stereocenters. The molecule has 4 heteroatoms. The van der Waals surface area contributed by atoms with E-state index >= 15 is 0 Å². The van der Waals surface area contributed by atoms with E-state index in [1.54, 1.807) is 14.2 Å². The number of rotatable bonds is 9. The van der Waals surface area contributed by atoms with Crippen molar-refractivity contribution in [1.29, 1.82) is 0 Å². The van der Waals surface area contributed by atoms with E-state index in [1.165, 1.54) is 12.0 Å². The van der Waals surface area contributed by atoms with Crippen molar-refractivity contribution in [1.82, 2.24) is 10.2 Å². The molecule has 0 heterocycles. The van der Waals surface area contributed by atoms with E-state index in [4.69, 9.17) is 9.47 Å². The van der Waals surface area contributed by atoms with Crippen LogP contribution >= 0.6 is 0 Å². The van der Waals surface area contributed by atoms with Crippen LogP contribution in [0, 0.1) is 0 Å². The first-order valence-electron chi connectivity index (χ1n) is 7.18. The van der Waals surface area contributed by atoms with Crippen molar-refractivity contribution in [2.24, 2.45) is 0 Å². The first-order valence-corrected chi connectivity index (χ1v) is 7.18. The lowest BCUT2D eigenvalue weighted by atomic mass is 10.1. The molecule has 0 saturated heterocycles. The summed E-state index contributed by atoms with van der Waals surface area (Å²) in [4.78, 5) is 2.40. The Morgan fingerprint density at radius 3 is 2.50 bits per heavy atom. The average Bonchev–Trinajstić information content (AvgIpc) is 2.47. The molecule has 1 aromatic carbocycles. The molecule has 0 radical (unpaired) electrons. The Balaban J connectivity index is 2.58. The maximum Gasteiger partial charge on any atom is 0.160 e. The van der Waals surface area contributed by atoms with Gasteiger partial charge in [-0.2, -0.15) is 0 Å². The normalized spacial score (nSPS) is 12.5. The molecule has 1 aromatic rings. The van der Waals surface area contributed by atoms with Crippen molar-refractivity contribution in [2.45, 2.75) is 25.8 Å². The molecule has 1 rings (SSSR count). The number of hydrogen-bond donors (Lipinski definition) is 1. The second-order valence-corrected chi connectivity index (χ2v) is 5.18. The van der Waals surface area contributed by atoms with Crippen LogP contribution in [-0.2, 0) is 6.42 Å². The average molecular weight is 280 g/mol. The lowest BCUT2D eigenvalue weighted by Gasteiger charge is -2.25. The molecule has 0 aliphatic heterocycles. The van der Waals surface area contributed by atoms with Gasteiger partial charge in [0.25, 0.3) is 0 Å². The zero-order chi connectivity index (χ0) is 15.0. The van der Waals surface area contributed by atoms with Crippen LogP contribution < -0.4 is 14.8 Å². The monoisotopic (exact) mass is 280 g/mol. The smallest absolute Gasteiger partial charge is 0.160 e. The second-order valence-electron chi connectivity index (χ2n) is 5.18. The standard InChI is InChI=1S/C16H28N2O2/c1-13(18(3)10-6-9-17-2)11-14-7-8-15(19-4)16(12-14)20-5/h7-8,12-13,17H,6,9-11H2,1-5H3. The molecule has 0 amide bonds. The first-order chi connectivity index (χ1) is 9.62. The molecular formula is C16H28N2O2. The van der Waals surface area contributed by atoms with E-state index < -0.39 is 0 Å². The molecule has 0 saturated carbocycles. The van der Waals surface area contributed by atoms with Crippen LogP contribution in [0.2, 0.25) is 0 Å². The summed E-state index contributed by atoms with van der Waals surface area (Å²) in [5.41, 5.74) is 1.27. The maximum absolute atomic E-state index is 5.35. The van der Waals surface area contributed by atoms with Gasteiger partial charge in [0.1, 0.15) is 0 Å². The van der Waals surface area contributed by atoms with Crippen molar-refractivity contribution >= 4 is 0 Å². The van der Waals surface area contributed by atoms with Gasteiger partial charge in [0.15, 0.2) is 11.5 Å². The minimum absolute atomic E-state index is 0.505. The lowest BCUT2D eigenvalue weighted by Crippen LogP contribution is -2.32. The largest absolute Gasteiger partial charge is 0.493 e. The predicted molar refractivity (Wildman–Crippen MR) is 83.9 cm³/mol. The molecule has 20 heavy (non-hydrogen) atoms. The van der Waals surface area contributed by atoms with Crippen LogP contribution in [0.4, 0.5) is 0 Å². The van der Waals surface area contributed by atoms with Crippen molar-refractivity contribution < 1.29 is 9.47 Å². The lowest BCUT2D eigenvalue weighted by molar-refractivity contribution is 0.253. The number of ether oxygens (including phenoxy) is 2. The zero-order valence-corrected chi connectivity index (χ0v) is 13.4. The number of nitrogens with zero attached hydrogens (tertiary/aromatic N) is 1. The summed E-state index contributed by atoms with van der Waals surface area (Å²) in [7, 11) is 7.51. The van der Waals surface area contributed by atoms with E-state index in [9.17, 15) is 0 Å². The third-order valence-electron chi connectivity index (χ3n) is 3.67. The Morgan fingerprint density at radius 1 is 1.20 bits per heavy atom. The van der Waals surface area contributed by atoms with Crippen molar-refractivity contribution in [3.63, 3.8) is 0 Å². The summed E-state index contributed by atoms with van der Waals surface area (Å²) in [6.45, 7) is 4.43. The Hall–Kier alpha value is -1.26. The van der Waals surface area contributed by atoms with Crippen LogP contribution in [0.3, 0.4) is 0 Å². The fourth-order valence-electron chi connectivity index (χ4n) is 2.23. The van der Waals surface area contributed by atoms with Crippen LogP contribution in [0.1, 0.15) is 18.9 Å². The molecule has 114 valence electrons. The van der Waals surface area contributed by atoms with E-state index in [-0.39, 0.29) is 0 Å². The highest BCUT2D eigenvalue weighted by Crippen LogP contribution is 2.28. The molecule has 1 N–H and O–H groups in total. The van der Waals surface area contributed by atoms with Gasteiger partial charge in [-0.15, -0.1) is 0 Å². The van der Waals surface area contributed by atoms with E-state index in [2.05, 4.69) is 36.3 Å². The summed E-state index contributed by atoms with van der Waals surface area (Å²) >= 11 is 0. The van der Waals surface area contributed by atoms with Crippen LogP contribution in [0.25, 0.3) is 0 Å². The first kappa shape index (κ1) is 16.8. The van der Waals surface area contributed by atoms with Crippen molar-refractivity contribution in [2.75, 3.05) is 41.4 Å². The van der Waals surface area contributed by atoms with Gasteiger partial charge in [-0.1, -0.05) is 6.07 Å². The topological polar surface area (TPSA) is 33.7 Å². The van der Waals surface area contributed by atoms with Gasteiger partial charge in [0.2, 0.25) is 0 Å². The van der Waals surface area contributed by atoms with Crippen LogP contribution in [0.15, 0.2) is 18.2 Å². The Kier molecular flexibility index (Phi) is 7.41. The van der Waals surface area contributed by atoms with Gasteiger partial charge >= 0.3 is 0 Å². The molecule has 4 nitrogen and oxygen atoms in total. The number of likely N-dealkylation sites (N-methyl/N-ethyl adjacent to an activating group) is 1. The SMILES string of the molecule is CNCCCN(C)C(C)Cc1ccc(OC)c(OC)c1. The molecule has 0 fully saturated rings. The van der Waals surface area contributed by atoms with Gasteiger partial charge in [0, 0.05) is 6.04 Å². The van der Waals surface area contributed by atoms with Gasteiger partial charge in [-0.05, 0) is 64.6 Å². The third kappa shape index (κ3) is 5.02. The minimum Gasteiger partial charge on any atom is -0.493 e. The quantitative estimate of drug-likeness (QED) is 0.703. The summed E-state index contributed by atoms with van der Waals surface area (Å²) in [5.74, 6) is 1.58. The van der Waals surface area contributed by atoms with E-state index in [0.29, 0.717) is 6.04 Å². The number of nitrogens with one attached hydrogen (secondary N) is 1. The fourth-order valence-corrected chi connectivity index (χ4v) is 2.23. The highest BCUT2D eigenvalue weighted by molar-refractivity contribution is 5.43. The fraction of sp³-hybridized carbons (Fsp3) is 0.625. The number of hydrogen-bond acceptors (Lipinski definition) is 4. The molecule has 0 aliphatic carbocycles. The van der Waals surface area contributed by atoms with Gasteiger partial charge in [-0.25, -0.2) is 0 Å². The summed E-state index contributed by atoms with van der Waals surface area (Å²) in [6, 6.07) is 6.66. The maximum atomic E-state index is 5.35. The van der Waals surface area contributed by atoms with E-state index in [1.807, 2.05) is 13.1 Å². The molecule has 0 aromatic heterocycles. The number of benzene rings is 1. The molecular weight excluding hydrogens is 252 g/mol. The highest BCUT2D eigenvalue weighted by Gasteiger charge is 2.11. The Bertz CT molecular complexity index is 396. The molecule has 0 aliphatic rings. The molecule has 1 unspecified atom stereocenters. The zero-order valence-electron chi connectivity index (χ0n) is 13.4. The second kappa shape index (κ2) is 8.82. The molecule has 0 bridgehead atoms. The van der Waals surface area contributed by atoms with Crippen molar-refractivity contribution in [3.05, 3.63) is 23.8 Å². The minimum atomic E-state index is 0.505. The summed E-state index contributed by atoms with van der Waals surface area (Å²) in [5, 5.41) is 3.18. The van der Waals surface area contributed by atoms with Gasteiger partial charge < -0.3 is 19.7 Å².